The van der Waals surface area contributed by atoms with E-state index >= 15 is 0 Å². The SMILES string of the molecule is COCCNCc1ccc(OCC#N)c(F)c1. The van der Waals surface area contributed by atoms with Crippen molar-refractivity contribution in [2.75, 3.05) is 26.9 Å². The fourth-order valence-corrected chi connectivity index (χ4v) is 1.29. The molecule has 1 aromatic carbocycles. The first-order valence-electron chi connectivity index (χ1n) is 5.25. The van der Waals surface area contributed by atoms with E-state index in [2.05, 4.69) is 5.32 Å². The van der Waals surface area contributed by atoms with E-state index in [0.29, 0.717) is 19.7 Å². The van der Waals surface area contributed by atoms with Crippen molar-refractivity contribution < 1.29 is 13.9 Å². The topological polar surface area (TPSA) is 54.3 Å². The van der Waals surface area contributed by atoms with Crippen LogP contribution >= 0.6 is 0 Å². The van der Waals surface area contributed by atoms with Crippen molar-refractivity contribution in [1.82, 2.24) is 5.32 Å². The highest BCUT2D eigenvalue weighted by atomic mass is 19.1. The number of nitrogens with zero attached hydrogens (tertiary/aromatic N) is 1. The molecule has 0 amide bonds. The highest BCUT2D eigenvalue weighted by Crippen LogP contribution is 2.18. The Kier molecular flexibility index (Phi) is 6.00. The fourth-order valence-electron chi connectivity index (χ4n) is 1.29. The summed E-state index contributed by atoms with van der Waals surface area (Å²) in [6.45, 7) is 1.75. The standard InChI is InChI=1S/C12H15FN2O2/c1-16-7-5-15-9-10-2-3-12(11(13)8-10)17-6-4-14/h2-3,8,15H,5-7,9H2,1H3. The summed E-state index contributed by atoms with van der Waals surface area (Å²) in [5.41, 5.74) is 0.822. The van der Waals surface area contributed by atoms with Crippen LogP contribution in [-0.2, 0) is 11.3 Å². The molecule has 92 valence electrons. The zero-order valence-corrected chi connectivity index (χ0v) is 9.70. The van der Waals surface area contributed by atoms with Gasteiger partial charge in [0.15, 0.2) is 18.2 Å². The second-order valence-electron chi connectivity index (χ2n) is 3.38. The monoisotopic (exact) mass is 238 g/mol. The molecule has 1 rings (SSSR count). The molecule has 1 N–H and O–H groups in total. The third-order valence-electron chi connectivity index (χ3n) is 2.10. The molecular formula is C12H15FN2O2. The summed E-state index contributed by atoms with van der Waals surface area (Å²) in [7, 11) is 1.63. The van der Waals surface area contributed by atoms with Crippen molar-refractivity contribution in [2.24, 2.45) is 0 Å². The first-order chi connectivity index (χ1) is 8.27. The predicted octanol–water partition coefficient (Wildman–Crippen LogP) is 1.46. The van der Waals surface area contributed by atoms with Crippen LogP contribution in [0.5, 0.6) is 5.75 Å². The summed E-state index contributed by atoms with van der Waals surface area (Å²) in [6, 6.07) is 6.47. The molecule has 0 aliphatic carbocycles. The van der Waals surface area contributed by atoms with E-state index in [9.17, 15) is 4.39 Å². The molecule has 1 aromatic rings. The van der Waals surface area contributed by atoms with E-state index in [0.717, 1.165) is 5.56 Å². The van der Waals surface area contributed by atoms with Crippen molar-refractivity contribution in [3.05, 3.63) is 29.6 Å². The summed E-state index contributed by atoms with van der Waals surface area (Å²) in [6.07, 6.45) is 0. The Morgan fingerprint density at radius 3 is 2.94 bits per heavy atom. The Morgan fingerprint density at radius 2 is 2.29 bits per heavy atom. The van der Waals surface area contributed by atoms with Gasteiger partial charge in [0.1, 0.15) is 6.07 Å². The van der Waals surface area contributed by atoms with E-state index in [1.165, 1.54) is 12.1 Å². The maximum atomic E-state index is 13.5. The molecule has 0 atom stereocenters. The van der Waals surface area contributed by atoms with Crippen molar-refractivity contribution in [3.8, 4) is 11.8 Å². The Hall–Kier alpha value is -1.64. The number of nitrogens with one attached hydrogen (secondary N) is 1. The Labute approximate surface area is 100.0 Å². The summed E-state index contributed by atoms with van der Waals surface area (Å²) in [5.74, 6) is -0.349. The maximum absolute atomic E-state index is 13.5. The molecule has 17 heavy (non-hydrogen) atoms. The highest BCUT2D eigenvalue weighted by molar-refractivity contribution is 5.29. The van der Waals surface area contributed by atoms with Crippen molar-refractivity contribution >= 4 is 0 Å². The average Bonchev–Trinajstić information content (AvgIpc) is 2.34. The lowest BCUT2D eigenvalue weighted by molar-refractivity contribution is 0.199. The molecule has 4 nitrogen and oxygen atoms in total. The van der Waals surface area contributed by atoms with Crippen LogP contribution in [0.1, 0.15) is 5.56 Å². The third-order valence-corrected chi connectivity index (χ3v) is 2.10. The number of methoxy groups -OCH3 is 1. The van der Waals surface area contributed by atoms with Gasteiger partial charge in [-0.2, -0.15) is 5.26 Å². The smallest absolute Gasteiger partial charge is 0.174 e. The Morgan fingerprint density at radius 1 is 1.47 bits per heavy atom. The van der Waals surface area contributed by atoms with Crippen LogP contribution in [0.2, 0.25) is 0 Å². The molecule has 0 aliphatic heterocycles. The van der Waals surface area contributed by atoms with Crippen LogP contribution in [0.3, 0.4) is 0 Å². The predicted molar refractivity (Wildman–Crippen MR) is 61.1 cm³/mol. The van der Waals surface area contributed by atoms with Gasteiger partial charge in [0.2, 0.25) is 0 Å². The molecule has 0 radical (unpaired) electrons. The van der Waals surface area contributed by atoms with Gasteiger partial charge in [-0.15, -0.1) is 0 Å². The number of hydrogen-bond donors (Lipinski definition) is 1. The highest BCUT2D eigenvalue weighted by Gasteiger charge is 2.04. The number of nitriles is 1. The summed E-state index contributed by atoms with van der Waals surface area (Å²) >= 11 is 0. The molecule has 0 fully saturated rings. The first-order valence-corrected chi connectivity index (χ1v) is 5.25. The number of hydrogen-bond acceptors (Lipinski definition) is 4. The fraction of sp³-hybridized carbons (Fsp3) is 0.417. The minimum atomic E-state index is -0.453. The summed E-state index contributed by atoms with van der Waals surface area (Å²) in [5, 5.41) is 11.4. The molecule has 0 spiro atoms. The quantitative estimate of drug-likeness (QED) is 0.731. The van der Waals surface area contributed by atoms with Gasteiger partial charge in [0.25, 0.3) is 0 Å². The molecular weight excluding hydrogens is 223 g/mol. The second-order valence-corrected chi connectivity index (χ2v) is 3.38. The van der Waals surface area contributed by atoms with E-state index in [1.807, 2.05) is 0 Å². The van der Waals surface area contributed by atoms with Crippen LogP contribution in [0.4, 0.5) is 4.39 Å². The van der Waals surface area contributed by atoms with Gasteiger partial charge >= 0.3 is 0 Å². The van der Waals surface area contributed by atoms with Gasteiger partial charge in [-0.25, -0.2) is 4.39 Å². The van der Waals surface area contributed by atoms with E-state index in [1.54, 1.807) is 19.2 Å². The lowest BCUT2D eigenvalue weighted by Crippen LogP contribution is -2.18. The lowest BCUT2D eigenvalue weighted by Gasteiger charge is -2.07. The minimum absolute atomic E-state index is 0.104. The van der Waals surface area contributed by atoms with Gasteiger partial charge in [-0.1, -0.05) is 6.07 Å². The lowest BCUT2D eigenvalue weighted by atomic mass is 10.2. The molecule has 0 unspecified atom stereocenters. The van der Waals surface area contributed by atoms with Gasteiger partial charge in [0, 0.05) is 20.2 Å². The Bertz CT molecular complexity index is 391. The molecule has 0 aliphatic rings. The molecule has 0 heterocycles. The van der Waals surface area contributed by atoms with E-state index in [-0.39, 0.29) is 12.4 Å². The molecule has 0 bridgehead atoms. The van der Waals surface area contributed by atoms with E-state index < -0.39 is 5.82 Å². The number of benzene rings is 1. The first kappa shape index (κ1) is 13.4. The average molecular weight is 238 g/mol. The molecule has 0 saturated carbocycles. The van der Waals surface area contributed by atoms with E-state index in [4.69, 9.17) is 14.7 Å². The maximum Gasteiger partial charge on any atom is 0.174 e. The number of ether oxygens (including phenoxy) is 2. The van der Waals surface area contributed by atoms with Crippen LogP contribution in [0.25, 0.3) is 0 Å². The molecule has 0 saturated heterocycles. The van der Waals surface area contributed by atoms with Gasteiger partial charge in [-0.3, -0.25) is 0 Å². The third kappa shape index (κ3) is 4.81. The van der Waals surface area contributed by atoms with Gasteiger partial charge in [0.05, 0.1) is 6.61 Å². The van der Waals surface area contributed by atoms with Gasteiger partial charge < -0.3 is 14.8 Å². The number of rotatable bonds is 7. The number of halogens is 1. The van der Waals surface area contributed by atoms with Crippen LogP contribution in [-0.4, -0.2) is 26.9 Å². The normalized spacial score (nSPS) is 9.94. The summed E-state index contributed by atoms with van der Waals surface area (Å²) < 4.78 is 23.2. The zero-order valence-electron chi connectivity index (χ0n) is 9.70. The minimum Gasteiger partial charge on any atom is -0.476 e. The van der Waals surface area contributed by atoms with Gasteiger partial charge in [-0.05, 0) is 17.7 Å². The van der Waals surface area contributed by atoms with Crippen molar-refractivity contribution in [2.45, 2.75) is 6.54 Å². The molecule has 0 aromatic heterocycles. The second kappa shape index (κ2) is 7.60. The van der Waals surface area contributed by atoms with Crippen molar-refractivity contribution in [3.63, 3.8) is 0 Å². The largest absolute Gasteiger partial charge is 0.476 e. The van der Waals surface area contributed by atoms with Crippen LogP contribution in [0, 0.1) is 17.1 Å². The van der Waals surface area contributed by atoms with Crippen LogP contribution < -0.4 is 10.1 Å². The zero-order chi connectivity index (χ0) is 12.5. The summed E-state index contributed by atoms with van der Waals surface area (Å²) in [4.78, 5) is 0. The Balaban J connectivity index is 2.47. The van der Waals surface area contributed by atoms with Crippen LogP contribution in [0.15, 0.2) is 18.2 Å². The van der Waals surface area contributed by atoms with Crippen molar-refractivity contribution in [1.29, 1.82) is 5.26 Å². The molecule has 5 heteroatoms.